The van der Waals surface area contributed by atoms with Gasteiger partial charge in [-0.1, -0.05) is 52.2 Å². The van der Waals surface area contributed by atoms with Crippen molar-refractivity contribution in [3.05, 3.63) is 12.2 Å². The van der Waals surface area contributed by atoms with Gasteiger partial charge < -0.3 is 45.5 Å². The van der Waals surface area contributed by atoms with Gasteiger partial charge in [-0.3, -0.25) is 14.4 Å². The summed E-state index contributed by atoms with van der Waals surface area (Å²) in [6, 6.07) is -1.07. The molecule has 1 fully saturated rings. The zero-order chi connectivity index (χ0) is 34.2. The van der Waals surface area contributed by atoms with Crippen LogP contribution in [-0.4, -0.2) is 102 Å². The van der Waals surface area contributed by atoms with Gasteiger partial charge in [0.2, 0.25) is 5.91 Å². The van der Waals surface area contributed by atoms with Crippen LogP contribution in [0.25, 0.3) is 0 Å². The Morgan fingerprint density at radius 2 is 1.51 bits per heavy atom. The van der Waals surface area contributed by atoms with Gasteiger partial charge in [0.1, 0.15) is 36.6 Å². The summed E-state index contributed by atoms with van der Waals surface area (Å²) < 4.78 is 15.7. The molecule has 13 heteroatoms. The number of ether oxygens (including phenoxy) is 3. The molecule has 260 valence electrons. The number of allylic oxidation sites excluding steroid dienone is 1. The number of alkyl carbamates (subject to hydrolysis) is 1. The molecule has 1 aliphatic rings. The molecule has 0 unspecified atom stereocenters. The number of aliphatic hydroxyl groups is 3. The van der Waals surface area contributed by atoms with Gasteiger partial charge in [0.25, 0.3) is 5.91 Å². The lowest BCUT2D eigenvalue weighted by molar-refractivity contribution is -0.151. The number of carbonyl (C=O) groups is 4. The Morgan fingerprint density at radius 3 is 2.09 bits per heavy atom. The van der Waals surface area contributed by atoms with E-state index in [2.05, 4.69) is 16.0 Å². The van der Waals surface area contributed by atoms with Crippen LogP contribution in [0.15, 0.2) is 12.2 Å². The maximum absolute atomic E-state index is 13.2. The highest BCUT2D eigenvalue weighted by Gasteiger charge is 2.37. The first-order valence-corrected chi connectivity index (χ1v) is 15.9. The molecular weight excluding hydrogens is 586 g/mol. The standard InChI is InChI=1S/C32H57N3O10/c1-31(2,3)17-16-23(36)24(37)25(38)26(43-7)28(40)35-22(15-11-12-18-34-30(42)45-32(4,5)6)27(39)33-19-20-44-29(41)21-13-9-8-10-14-21/h16-17,21-26,36-38H,8-15,18-20H2,1-7H3,(H,33,39)(H,34,42)(H,35,40)/t22-,23+,24-,25+,26+/m0/s1. The minimum Gasteiger partial charge on any atom is -0.464 e. The maximum atomic E-state index is 13.2. The van der Waals surface area contributed by atoms with Gasteiger partial charge in [-0.2, -0.15) is 0 Å². The molecule has 1 aliphatic carbocycles. The fraction of sp³-hybridized carbons (Fsp3) is 0.812. The van der Waals surface area contributed by atoms with Gasteiger partial charge in [0, 0.05) is 13.7 Å². The number of esters is 1. The Morgan fingerprint density at radius 1 is 0.867 bits per heavy atom. The summed E-state index contributed by atoms with van der Waals surface area (Å²) in [5.74, 6) is -1.81. The van der Waals surface area contributed by atoms with E-state index >= 15 is 0 Å². The number of methoxy groups -OCH3 is 1. The van der Waals surface area contributed by atoms with Crippen molar-refractivity contribution >= 4 is 23.9 Å². The van der Waals surface area contributed by atoms with Crippen molar-refractivity contribution in [3.63, 3.8) is 0 Å². The summed E-state index contributed by atoms with van der Waals surface area (Å²) in [5, 5.41) is 39.4. The third-order valence-electron chi connectivity index (χ3n) is 7.12. The van der Waals surface area contributed by atoms with E-state index in [1.165, 1.54) is 6.08 Å². The molecule has 3 amide bonds. The van der Waals surface area contributed by atoms with Crippen LogP contribution in [0.4, 0.5) is 4.79 Å². The minimum absolute atomic E-state index is 0.0207. The zero-order valence-corrected chi connectivity index (χ0v) is 28.1. The number of carbonyl (C=O) groups excluding carboxylic acids is 4. The van der Waals surface area contributed by atoms with Crippen LogP contribution in [0.5, 0.6) is 0 Å². The van der Waals surface area contributed by atoms with Crippen LogP contribution in [-0.2, 0) is 28.6 Å². The third kappa shape index (κ3) is 16.9. The number of aliphatic hydroxyl groups excluding tert-OH is 3. The van der Waals surface area contributed by atoms with Crippen LogP contribution >= 0.6 is 0 Å². The highest BCUT2D eigenvalue weighted by molar-refractivity contribution is 5.89. The molecule has 0 aromatic heterocycles. The number of amides is 3. The van der Waals surface area contributed by atoms with Crippen molar-refractivity contribution in [2.75, 3.05) is 26.8 Å². The first-order chi connectivity index (χ1) is 20.9. The summed E-state index contributed by atoms with van der Waals surface area (Å²) in [6.45, 7) is 11.2. The lowest BCUT2D eigenvalue weighted by atomic mass is 9.89. The largest absolute Gasteiger partial charge is 0.464 e. The predicted molar refractivity (Wildman–Crippen MR) is 168 cm³/mol. The number of hydrogen-bond acceptors (Lipinski definition) is 10. The number of nitrogens with one attached hydrogen (secondary N) is 3. The highest BCUT2D eigenvalue weighted by Crippen LogP contribution is 2.24. The van der Waals surface area contributed by atoms with Gasteiger partial charge in [0.05, 0.1) is 12.5 Å². The molecule has 0 spiro atoms. The monoisotopic (exact) mass is 643 g/mol. The topological polar surface area (TPSA) is 193 Å². The molecule has 0 heterocycles. The molecule has 1 rings (SSSR count). The van der Waals surface area contributed by atoms with E-state index in [1.54, 1.807) is 26.8 Å². The lowest BCUT2D eigenvalue weighted by Crippen LogP contribution is -2.56. The van der Waals surface area contributed by atoms with Gasteiger partial charge in [-0.25, -0.2) is 4.79 Å². The van der Waals surface area contributed by atoms with Crippen molar-refractivity contribution in [2.45, 2.75) is 129 Å². The van der Waals surface area contributed by atoms with Gasteiger partial charge >= 0.3 is 12.1 Å². The summed E-state index contributed by atoms with van der Waals surface area (Å²) in [7, 11) is 1.16. The first-order valence-electron chi connectivity index (χ1n) is 15.9. The Bertz CT molecular complexity index is 954. The molecule has 13 nitrogen and oxygen atoms in total. The quantitative estimate of drug-likeness (QED) is 0.0777. The average molecular weight is 644 g/mol. The summed E-state index contributed by atoms with van der Waals surface area (Å²) in [4.78, 5) is 50.5. The molecule has 0 saturated heterocycles. The molecule has 0 aromatic rings. The van der Waals surface area contributed by atoms with Crippen molar-refractivity contribution in [3.8, 4) is 0 Å². The number of hydrogen-bond donors (Lipinski definition) is 6. The first kappa shape index (κ1) is 40.3. The Balaban J connectivity index is 2.81. The smallest absolute Gasteiger partial charge is 0.407 e. The highest BCUT2D eigenvalue weighted by atomic mass is 16.6. The summed E-state index contributed by atoms with van der Waals surface area (Å²) in [5.41, 5.74) is -0.932. The number of rotatable bonds is 17. The van der Waals surface area contributed by atoms with Gasteiger partial charge in [-0.05, 0) is 58.3 Å². The molecule has 0 radical (unpaired) electrons. The van der Waals surface area contributed by atoms with Crippen LogP contribution < -0.4 is 16.0 Å². The maximum Gasteiger partial charge on any atom is 0.407 e. The molecule has 45 heavy (non-hydrogen) atoms. The van der Waals surface area contributed by atoms with E-state index in [4.69, 9.17) is 14.2 Å². The molecule has 1 saturated carbocycles. The van der Waals surface area contributed by atoms with Crippen molar-refractivity contribution in [1.82, 2.24) is 16.0 Å². The SMILES string of the molecule is CO[C@@H](C(=O)N[C@@H](CCCCNC(=O)OC(C)(C)C)C(=O)NCCOC(=O)C1CCCCC1)[C@H](O)[C@@H](O)[C@H](O)C=CC(C)(C)C. The van der Waals surface area contributed by atoms with Crippen LogP contribution in [0.1, 0.15) is 92.9 Å². The van der Waals surface area contributed by atoms with Gasteiger partial charge in [0.15, 0.2) is 6.10 Å². The molecule has 0 aliphatic heterocycles. The van der Waals surface area contributed by atoms with Crippen molar-refractivity contribution < 1.29 is 48.7 Å². The van der Waals surface area contributed by atoms with Crippen LogP contribution in [0.3, 0.4) is 0 Å². The fourth-order valence-corrected chi connectivity index (χ4v) is 4.69. The molecule has 6 N–H and O–H groups in total. The van der Waals surface area contributed by atoms with E-state index in [0.29, 0.717) is 12.8 Å². The fourth-order valence-electron chi connectivity index (χ4n) is 4.69. The number of unbranched alkanes of at least 4 members (excludes halogenated alkanes) is 1. The molecule has 0 bridgehead atoms. The second kappa shape index (κ2) is 19.7. The predicted octanol–water partition coefficient (Wildman–Crippen LogP) is 2.11. The van der Waals surface area contributed by atoms with Crippen molar-refractivity contribution in [2.24, 2.45) is 11.3 Å². The van der Waals surface area contributed by atoms with E-state index in [9.17, 15) is 34.5 Å². The summed E-state index contributed by atoms with van der Waals surface area (Å²) in [6.07, 6.45) is 1.56. The lowest BCUT2D eigenvalue weighted by Gasteiger charge is -2.28. The Labute approximate surface area is 267 Å². The van der Waals surface area contributed by atoms with E-state index in [1.807, 2.05) is 20.8 Å². The van der Waals surface area contributed by atoms with Gasteiger partial charge in [-0.15, -0.1) is 0 Å². The zero-order valence-electron chi connectivity index (χ0n) is 28.1. The van der Waals surface area contributed by atoms with E-state index in [-0.39, 0.29) is 43.4 Å². The molecular formula is C32H57N3O10. The van der Waals surface area contributed by atoms with Crippen LogP contribution in [0, 0.1) is 11.3 Å². The molecule has 5 atom stereocenters. The second-order valence-corrected chi connectivity index (χ2v) is 13.6. The van der Waals surface area contributed by atoms with E-state index in [0.717, 1.165) is 39.2 Å². The average Bonchev–Trinajstić information content (AvgIpc) is 2.96. The second-order valence-electron chi connectivity index (χ2n) is 13.6. The Hall–Kier alpha value is -2.74. The minimum atomic E-state index is -1.81. The molecule has 0 aromatic carbocycles. The normalized spacial score (nSPS) is 17.9. The van der Waals surface area contributed by atoms with Crippen molar-refractivity contribution in [1.29, 1.82) is 0 Å². The van der Waals surface area contributed by atoms with E-state index < -0.39 is 54.0 Å². The third-order valence-corrected chi connectivity index (χ3v) is 7.12. The summed E-state index contributed by atoms with van der Waals surface area (Å²) >= 11 is 0. The Kier molecular flexibility index (Phi) is 17.6. The van der Waals surface area contributed by atoms with Crippen LogP contribution in [0.2, 0.25) is 0 Å².